The number of halogens is 2. The number of hydrogen-bond acceptors (Lipinski definition) is 2. The lowest BCUT2D eigenvalue weighted by Crippen LogP contribution is -2.35. The van der Waals surface area contributed by atoms with Crippen LogP contribution in [0.5, 0.6) is 0 Å². The second-order valence-corrected chi connectivity index (χ2v) is 5.72. The van der Waals surface area contributed by atoms with Gasteiger partial charge in [-0.15, -0.1) is 0 Å². The molecular formula is C14H15BrFNO2. The quantitative estimate of drug-likeness (QED) is 0.835. The molecule has 0 N–H and O–H groups in total. The third-order valence-corrected chi connectivity index (χ3v) is 3.99. The van der Waals surface area contributed by atoms with Gasteiger partial charge in [0.25, 0.3) is 0 Å². The molecule has 3 nitrogen and oxygen atoms in total. The first-order valence-electron chi connectivity index (χ1n) is 6.23. The van der Waals surface area contributed by atoms with Crippen molar-refractivity contribution in [2.24, 2.45) is 5.92 Å². The molecule has 5 heteroatoms. The molecule has 1 aromatic rings. The SMILES string of the molecule is CN(C(=O)C1CCC(=O)CC1)c1cc(Br)ccc1F. The zero-order valence-corrected chi connectivity index (χ0v) is 12.2. The minimum absolute atomic E-state index is 0.121. The van der Waals surface area contributed by atoms with Crippen LogP contribution in [0.2, 0.25) is 0 Å². The van der Waals surface area contributed by atoms with Crippen molar-refractivity contribution in [1.29, 1.82) is 0 Å². The molecule has 0 unspecified atom stereocenters. The highest BCUT2D eigenvalue weighted by Crippen LogP contribution is 2.28. The summed E-state index contributed by atoms with van der Waals surface area (Å²) >= 11 is 3.27. The van der Waals surface area contributed by atoms with Crippen LogP contribution >= 0.6 is 15.9 Å². The third kappa shape index (κ3) is 3.21. The maximum absolute atomic E-state index is 13.7. The molecule has 1 aliphatic rings. The Kier molecular flexibility index (Phi) is 4.34. The summed E-state index contributed by atoms with van der Waals surface area (Å²) in [6.07, 6.45) is 2.03. The van der Waals surface area contributed by atoms with Gasteiger partial charge in [0.05, 0.1) is 5.69 Å². The van der Waals surface area contributed by atoms with Gasteiger partial charge in [-0.3, -0.25) is 9.59 Å². The zero-order chi connectivity index (χ0) is 14.0. The molecule has 0 saturated heterocycles. The van der Waals surface area contributed by atoms with E-state index in [2.05, 4.69) is 15.9 Å². The van der Waals surface area contributed by atoms with Gasteiger partial charge in [-0.2, -0.15) is 0 Å². The fraction of sp³-hybridized carbons (Fsp3) is 0.429. The number of nitrogens with zero attached hydrogens (tertiary/aromatic N) is 1. The molecule has 0 bridgehead atoms. The predicted octanol–water partition coefficient (Wildman–Crippen LogP) is 3.31. The third-order valence-electron chi connectivity index (χ3n) is 3.49. The Bertz CT molecular complexity index is 508. The van der Waals surface area contributed by atoms with Gasteiger partial charge in [0.2, 0.25) is 5.91 Å². The number of ketones is 1. The Morgan fingerprint density at radius 1 is 1.37 bits per heavy atom. The van der Waals surface area contributed by atoms with E-state index in [1.807, 2.05) is 0 Å². The standard InChI is InChI=1S/C14H15BrFNO2/c1-17(13-8-10(15)4-7-12(13)16)14(19)9-2-5-11(18)6-3-9/h4,7-9H,2-3,5-6H2,1H3. The Hall–Kier alpha value is -1.23. The first-order chi connectivity index (χ1) is 8.99. The van der Waals surface area contributed by atoms with E-state index < -0.39 is 5.82 Å². The van der Waals surface area contributed by atoms with Crippen molar-refractivity contribution in [2.45, 2.75) is 25.7 Å². The van der Waals surface area contributed by atoms with E-state index in [-0.39, 0.29) is 23.3 Å². The van der Waals surface area contributed by atoms with Crippen molar-refractivity contribution < 1.29 is 14.0 Å². The summed E-state index contributed by atoms with van der Waals surface area (Å²) in [6.45, 7) is 0. The normalized spacial score (nSPS) is 16.5. The summed E-state index contributed by atoms with van der Waals surface area (Å²) in [5.74, 6) is -0.517. The van der Waals surface area contributed by atoms with Gasteiger partial charge in [-0.05, 0) is 31.0 Å². The molecule has 0 aliphatic heterocycles. The van der Waals surface area contributed by atoms with Gasteiger partial charge < -0.3 is 4.90 Å². The Balaban J connectivity index is 2.14. The number of amides is 1. The van der Waals surface area contributed by atoms with Crippen LogP contribution in [0.3, 0.4) is 0 Å². The lowest BCUT2D eigenvalue weighted by atomic mass is 9.87. The molecule has 0 spiro atoms. The van der Waals surface area contributed by atoms with Crippen LogP contribution in [0.1, 0.15) is 25.7 Å². The summed E-state index contributed by atoms with van der Waals surface area (Å²) in [4.78, 5) is 24.8. The second kappa shape index (κ2) is 5.82. The van der Waals surface area contributed by atoms with Crippen molar-refractivity contribution in [3.63, 3.8) is 0 Å². The summed E-state index contributed by atoms with van der Waals surface area (Å²) in [5.41, 5.74) is 0.260. The number of hydrogen-bond donors (Lipinski definition) is 0. The smallest absolute Gasteiger partial charge is 0.229 e. The molecular weight excluding hydrogens is 313 g/mol. The first-order valence-corrected chi connectivity index (χ1v) is 7.02. The average Bonchev–Trinajstić information content (AvgIpc) is 2.41. The highest BCUT2D eigenvalue weighted by Gasteiger charge is 2.28. The highest BCUT2D eigenvalue weighted by atomic mass is 79.9. The number of rotatable bonds is 2. The van der Waals surface area contributed by atoms with Crippen molar-refractivity contribution >= 4 is 33.3 Å². The van der Waals surface area contributed by atoms with Gasteiger partial charge in [0.1, 0.15) is 11.6 Å². The Morgan fingerprint density at radius 2 is 2.00 bits per heavy atom. The van der Waals surface area contributed by atoms with E-state index in [1.54, 1.807) is 19.2 Å². The maximum Gasteiger partial charge on any atom is 0.229 e. The van der Waals surface area contributed by atoms with E-state index in [0.29, 0.717) is 25.7 Å². The Labute approximate surface area is 119 Å². The van der Waals surface area contributed by atoms with Crippen LogP contribution in [-0.4, -0.2) is 18.7 Å². The molecule has 1 aliphatic carbocycles. The van der Waals surface area contributed by atoms with Crippen LogP contribution < -0.4 is 4.90 Å². The second-order valence-electron chi connectivity index (χ2n) is 4.81. The Morgan fingerprint density at radius 3 is 2.63 bits per heavy atom. The van der Waals surface area contributed by atoms with Crippen LogP contribution in [0.25, 0.3) is 0 Å². The number of carbonyl (C=O) groups is 2. The number of anilines is 1. The van der Waals surface area contributed by atoms with E-state index in [4.69, 9.17) is 0 Å². The molecule has 2 rings (SSSR count). The summed E-state index contributed by atoms with van der Waals surface area (Å²) in [7, 11) is 1.57. The van der Waals surface area contributed by atoms with Crippen LogP contribution in [0, 0.1) is 11.7 Å². The lowest BCUT2D eigenvalue weighted by molar-refractivity contribution is -0.126. The zero-order valence-electron chi connectivity index (χ0n) is 10.7. The minimum atomic E-state index is -0.425. The van der Waals surface area contributed by atoms with Crippen LogP contribution in [-0.2, 0) is 9.59 Å². The van der Waals surface area contributed by atoms with Crippen molar-refractivity contribution in [1.82, 2.24) is 0 Å². The van der Waals surface area contributed by atoms with E-state index in [0.717, 1.165) is 4.47 Å². The van der Waals surface area contributed by atoms with Gasteiger partial charge in [-0.25, -0.2) is 4.39 Å². The number of Topliss-reactive ketones (excluding diaryl/α,β-unsaturated/α-hetero) is 1. The summed E-state index contributed by atoms with van der Waals surface area (Å²) in [6, 6.07) is 4.51. The molecule has 102 valence electrons. The van der Waals surface area contributed by atoms with Gasteiger partial charge in [-0.1, -0.05) is 15.9 Å². The van der Waals surface area contributed by atoms with E-state index >= 15 is 0 Å². The molecule has 19 heavy (non-hydrogen) atoms. The molecule has 1 fully saturated rings. The largest absolute Gasteiger partial charge is 0.313 e. The fourth-order valence-electron chi connectivity index (χ4n) is 2.32. The van der Waals surface area contributed by atoms with Crippen LogP contribution in [0.4, 0.5) is 10.1 Å². The van der Waals surface area contributed by atoms with Crippen molar-refractivity contribution in [2.75, 3.05) is 11.9 Å². The first kappa shape index (κ1) is 14.2. The monoisotopic (exact) mass is 327 g/mol. The lowest BCUT2D eigenvalue weighted by Gasteiger charge is -2.26. The molecule has 1 amide bonds. The number of benzene rings is 1. The molecule has 0 aromatic heterocycles. The summed E-state index contributed by atoms with van der Waals surface area (Å²) < 4.78 is 14.5. The molecule has 1 saturated carbocycles. The van der Waals surface area contributed by atoms with Crippen molar-refractivity contribution in [3.8, 4) is 0 Å². The van der Waals surface area contributed by atoms with E-state index in [9.17, 15) is 14.0 Å². The highest BCUT2D eigenvalue weighted by molar-refractivity contribution is 9.10. The van der Waals surface area contributed by atoms with Gasteiger partial charge >= 0.3 is 0 Å². The van der Waals surface area contributed by atoms with E-state index in [1.165, 1.54) is 11.0 Å². The predicted molar refractivity (Wildman–Crippen MR) is 74.5 cm³/mol. The molecule has 0 radical (unpaired) electrons. The average molecular weight is 328 g/mol. The maximum atomic E-state index is 13.7. The number of carbonyl (C=O) groups excluding carboxylic acids is 2. The molecule has 0 atom stereocenters. The molecule has 1 aromatic carbocycles. The molecule has 0 heterocycles. The topological polar surface area (TPSA) is 37.4 Å². The fourth-order valence-corrected chi connectivity index (χ4v) is 2.67. The van der Waals surface area contributed by atoms with Gasteiger partial charge in [0.15, 0.2) is 0 Å². The minimum Gasteiger partial charge on any atom is -0.313 e. The van der Waals surface area contributed by atoms with Crippen LogP contribution in [0.15, 0.2) is 22.7 Å². The summed E-state index contributed by atoms with van der Waals surface area (Å²) in [5, 5.41) is 0. The van der Waals surface area contributed by atoms with Crippen molar-refractivity contribution in [3.05, 3.63) is 28.5 Å². The van der Waals surface area contributed by atoms with Gasteiger partial charge in [0, 0.05) is 30.3 Å².